The summed E-state index contributed by atoms with van der Waals surface area (Å²) in [5, 5.41) is 3.07. The lowest BCUT2D eigenvalue weighted by Gasteiger charge is -2.23. The van der Waals surface area contributed by atoms with Crippen LogP contribution in [-0.4, -0.2) is 20.8 Å². The zero-order valence-corrected chi connectivity index (χ0v) is 13.1. The lowest BCUT2D eigenvalue weighted by atomic mass is 9.83. The Bertz CT molecular complexity index is 329. The largest absolute Gasteiger partial charge is 0.389 e. The number of methoxy groups -OCH3 is 1. The molecule has 2 nitrogen and oxygen atoms in total. The van der Waals surface area contributed by atoms with Gasteiger partial charge >= 0.3 is 0 Å². The predicted molar refractivity (Wildman–Crippen MR) is 80.5 cm³/mol. The lowest BCUT2D eigenvalue weighted by molar-refractivity contribution is 0.218. The van der Waals surface area contributed by atoms with Crippen molar-refractivity contribution in [1.29, 1.82) is 0 Å². The molecule has 2 heteroatoms. The van der Waals surface area contributed by atoms with Crippen LogP contribution in [-0.2, 0) is 4.74 Å². The zero-order chi connectivity index (χ0) is 14.3. The lowest BCUT2D eigenvalue weighted by Crippen LogP contribution is -2.13. The summed E-state index contributed by atoms with van der Waals surface area (Å²) in [6, 6.07) is 0. The van der Waals surface area contributed by atoms with E-state index < -0.39 is 0 Å². The first-order valence-corrected chi connectivity index (χ1v) is 6.50. The minimum absolute atomic E-state index is 0.0909. The van der Waals surface area contributed by atoms with Gasteiger partial charge in [-0.3, -0.25) is 0 Å². The second-order valence-electron chi connectivity index (χ2n) is 5.93. The number of ether oxygens (including phenoxy) is 1. The molecule has 0 spiro atoms. The van der Waals surface area contributed by atoms with Gasteiger partial charge in [0.2, 0.25) is 0 Å². The van der Waals surface area contributed by atoms with E-state index in [2.05, 4.69) is 58.7 Å². The second-order valence-corrected chi connectivity index (χ2v) is 5.93. The number of hydrogen-bond acceptors (Lipinski definition) is 2. The number of nitrogens with one attached hydrogen (secondary N) is 1. The fourth-order valence-electron chi connectivity index (χ4n) is 1.48. The maximum atomic E-state index is 5.28. The average molecular weight is 251 g/mol. The smallest absolute Gasteiger partial charge is 0.0678 e. The van der Waals surface area contributed by atoms with Gasteiger partial charge in [-0.1, -0.05) is 47.3 Å². The third-order valence-corrected chi connectivity index (χ3v) is 2.91. The van der Waals surface area contributed by atoms with Crippen molar-refractivity contribution < 1.29 is 4.74 Å². The molecule has 0 saturated carbocycles. The molecule has 0 heterocycles. The van der Waals surface area contributed by atoms with Crippen molar-refractivity contribution in [2.75, 3.05) is 20.8 Å². The van der Waals surface area contributed by atoms with E-state index >= 15 is 0 Å². The van der Waals surface area contributed by atoms with Crippen molar-refractivity contribution in [1.82, 2.24) is 5.32 Å². The molecule has 0 bridgehead atoms. The number of likely N-dealkylation sites (N-methyl/N-ethyl adjacent to an activating group) is 1. The summed E-state index contributed by atoms with van der Waals surface area (Å²) < 4.78 is 5.28. The van der Waals surface area contributed by atoms with Crippen molar-refractivity contribution in [2.24, 2.45) is 11.3 Å². The van der Waals surface area contributed by atoms with Gasteiger partial charge in [0.1, 0.15) is 0 Å². The normalized spacial score (nSPS) is 14.0. The fourth-order valence-corrected chi connectivity index (χ4v) is 1.48. The van der Waals surface area contributed by atoms with Crippen molar-refractivity contribution in [3.8, 4) is 0 Å². The van der Waals surface area contributed by atoms with Gasteiger partial charge in [0.05, 0.1) is 6.61 Å². The van der Waals surface area contributed by atoms with Gasteiger partial charge in [0, 0.05) is 19.9 Å². The van der Waals surface area contributed by atoms with E-state index in [4.69, 9.17) is 4.74 Å². The maximum absolute atomic E-state index is 5.28. The highest BCUT2D eigenvalue weighted by Gasteiger charge is 2.17. The fraction of sp³-hybridized carbons (Fsp3) is 0.625. The van der Waals surface area contributed by atoms with Crippen LogP contribution < -0.4 is 5.32 Å². The third-order valence-electron chi connectivity index (χ3n) is 2.91. The van der Waals surface area contributed by atoms with Crippen LogP contribution in [0.3, 0.4) is 0 Å². The highest BCUT2D eigenvalue weighted by atomic mass is 16.5. The molecule has 0 rings (SSSR count). The van der Waals surface area contributed by atoms with Crippen LogP contribution in [0.2, 0.25) is 0 Å². The predicted octanol–water partition coefficient (Wildman–Crippen LogP) is 3.92. The average Bonchev–Trinajstić information content (AvgIpc) is 2.25. The van der Waals surface area contributed by atoms with E-state index in [0.29, 0.717) is 12.5 Å². The van der Waals surface area contributed by atoms with Gasteiger partial charge in [0.25, 0.3) is 0 Å². The van der Waals surface area contributed by atoms with Crippen molar-refractivity contribution >= 4 is 0 Å². The summed E-state index contributed by atoms with van der Waals surface area (Å²) >= 11 is 0. The monoisotopic (exact) mass is 251 g/mol. The van der Waals surface area contributed by atoms with Crippen LogP contribution in [0.25, 0.3) is 0 Å². The number of allylic oxidation sites excluding steroid dienone is 3. The second kappa shape index (κ2) is 7.42. The molecule has 0 radical (unpaired) electrons. The van der Waals surface area contributed by atoms with Crippen LogP contribution in [0.5, 0.6) is 0 Å². The summed E-state index contributed by atoms with van der Waals surface area (Å²) in [4.78, 5) is 0. The quantitative estimate of drug-likeness (QED) is 0.722. The Morgan fingerprint density at radius 1 is 1.28 bits per heavy atom. The SMILES string of the molecule is C=C(/C=C(\C=C(/COC)C(C)C)C(C)(C)C)NC. The Hall–Kier alpha value is -1.02. The molecule has 0 aromatic heterocycles. The maximum Gasteiger partial charge on any atom is 0.0678 e. The first-order valence-electron chi connectivity index (χ1n) is 6.50. The van der Waals surface area contributed by atoms with E-state index in [1.54, 1.807) is 7.11 Å². The summed E-state index contributed by atoms with van der Waals surface area (Å²) in [5.41, 5.74) is 3.59. The first-order chi connectivity index (χ1) is 8.22. The Kier molecular flexibility index (Phi) is 7.00. The standard InChI is InChI=1S/C16H29NO/c1-12(2)14(11-18-8)10-15(16(4,5)6)9-13(3)17-7/h9-10,12,17H,3,11H2,1-2,4-8H3/b14-10+,15-9+. The Morgan fingerprint density at radius 2 is 1.83 bits per heavy atom. The summed E-state index contributed by atoms with van der Waals surface area (Å²) in [7, 11) is 3.63. The number of hydrogen-bond donors (Lipinski definition) is 1. The topological polar surface area (TPSA) is 21.3 Å². The minimum Gasteiger partial charge on any atom is -0.389 e. The minimum atomic E-state index is 0.0909. The van der Waals surface area contributed by atoms with E-state index in [1.165, 1.54) is 11.1 Å². The Labute approximate surface area is 113 Å². The molecule has 104 valence electrons. The molecular weight excluding hydrogens is 222 g/mol. The van der Waals surface area contributed by atoms with Crippen LogP contribution in [0.4, 0.5) is 0 Å². The molecule has 0 atom stereocenters. The molecule has 0 aromatic carbocycles. The van der Waals surface area contributed by atoms with E-state index in [1.807, 2.05) is 7.05 Å². The van der Waals surface area contributed by atoms with E-state index in [-0.39, 0.29) is 5.41 Å². The zero-order valence-electron chi connectivity index (χ0n) is 13.1. The van der Waals surface area contributed by atoms with E-state index in [9.17, 15) is 0 Å². The van der Waals surface area contributed by atoms with Crippen LogP contribution in [0.1, 0.15) is 34.6 Å². The Balaban J connectivity index is 5.39. The molecule has 0 aliphatic rings. The van der Waals surface area contributed by atoms with Gasteiger partial charge in [-0.2, -0.15) is 0 Å². The van der Waals surface area contributed by atoms with Crippen LogP contribution >= 0.6 is 0 Å². The molecule has 0 aromatic rings. The highest BCUT2D eigenvalue weighted by Crippen LogP contribution is 2.29. The molecule has 0 unspecified atom stereocenters. The third kappa shape index (κ3) is 6.06. The molecule has 0 aliphatic carbocycles. The van der Waals surface area contributed by atoms with Gasteiger partial charge < -0.3 is 10.1 Å². The summed E-state index contributed by atoms with van der Waals surface area (Å²) in [5.74, 6) is 0.485. The molecule has 0 saturated heterocycles. The molecular formula is C16H29NO. The molecule has 1 N–H and O–H groups in total. The van der Waals surface area contributed by atoms with Gasteiger partial charge in [-0.15, -0.1) is 0 Å². The van der Waals surface area contributed by atoms with Crippen LogP contribution in [0, 0.1) is 11.3 Å². The van der Waals surface area contributed by atoms with Crippen molar-refractivity contribution in [2.45, 2.75) is 34.6 Å². The van der Waals surface area contributed by atoms with Gasteiger partial charge in [0.15, 0.2) is 0 Å². The van der Waals surface area contributed by atoms with Gasteiger partial charge in [-0.05, 0) is 28.6 Å². The van der Waals surface area contributed by atoms with E-state index in [0.717, 1.165) is 5.70 Å². The molecule has 0 fully saturated rings. The van der Waals surface area contributed by atoms with Crippen molar-refractivity contribution in [3.05, 3.63) is 35.6 Å². The Morgan fingerprint density at radius 3 is 2.17 bits per heavy atom. The first kappa shape index (κ1) is 17.0. The van der Waals surface area contributed by atoms with Crippen molar-refractivity contribution in [3.63, 3.8) is 0 Å². The summed E-state index contributed by atoms with van der Waals surface area (Å²) in [6.07, 6.45) is 4.36. The van der Waals surface area contributed by atoms with Gasteiger partial charge in [-0.25, -0.2) is 0 Å². The number of rotatable bonds is 6. The molecule has 18 heavy (non-hydrogen) atoms. The summed E-state index contributed by atoms with van der Waals surface area (Å²) in [6.45, 7) is 15.7. The highest BCUT2D eigenvalue weighted by molar-refractivity contribution is 5.34. The molecule has 0 aliphatic heterocycles. The molecule has 0 amide bonds. The van der Waals surface area contributed by atoms with Crippen LogP contribution in [0.15, 0.2) is 35.6 Å².